The number of carbonyl (C=O) groups excluding carboxylic acids is 2. The quantitative estimate of drug-likeness (QED) is 0.820. The van der Waals surface area contributed by atoms with E-state index in [-0.39, 0.29) is 36.2 Å². The molecule has 4 rings (SSSR count). The molecule has 3 heterocycles. The molecule has 7 nitrogen and oxygen atoms in total. The minimum atomic E-state index is -0.578. The minimum Gasteiger partial charge on any atom is -0.490 e. The van der Waals surface area contributed by atoms with Crippen LogP contribution in [0.25, 0.3) is 5.57 Å². The molecule has 0 saturated carbocycles. The molecular weight excluding hydrogens is 351 g/mol. The highest BCUT2D eigenvalue weighted by Crippen LogP contribution is 2.42. The number of halogens is 1. The smallest absolute Gasteiger partial charge is 0.252 e. The van der Waals surface area contributed by atoms with Crippen LogP contribution in [0.15, 0.2) is 42.2 Å². The molecule has 1 saturated heterocycles. The Balaban J connectivity index is 1.61. The van der Waals surface area contributed by atoms with Crippen LogP contribution in [0.3, 0.4) is 0 Å². The van der Waals surface area contributed by atoms with Crippen LogP contribution in [0.4, 0.5) is 4.39 Å². The number of nitrogens with zero attached hydrogens (tertiary/aromatic N) is 2. The molecule has 2 unspecified atom stereocenters. The summed E-state index contributed by atoms with van der Waals surface area (Å²) in [5.41, 5.74) is 5.77. The van der Waals surface area contributed by atoms with Crippen LogP contribution in [0, 0.1) is 11.8 Å². The second kappa shape index (κ2) is 6.68. The molecule has 1 fully saturated rings. The zero-order chi connectivity index (χ0) is 19.1. The van der Waals surface area contributed by atoms with E-state index in [1.165, 1.54) is 6.08 Å². The molecule has 4 atom stereocenters. The molecular formula is C19H21FN4O3. The van der Waals surface area contributed by atoms with Crippen molar-refractivity contribution in [3.8, 4) is 0 Å². The Kier molecular flexibility index (Phi) is 4.33. The number of aromatic nitrogens is 2. The van der Waals surface area contributed by atoms with Gasteiger partial charge in [0.15, 0.2) is 11.6 Å². The van der Waals surface area contributed by atoms with Crippen molar-refractivity contribution in [2.45, 2.75) is 31.8 Å². The van der Waals surface area contributed by atoms with Gasteiger partial charge in [0.1, 0.15) is 18.5 Å². The zero-order valence-corrected chi connectivity index (χ0v) is 14.9. The van der Waals surface area contributed by atoms with E-state index >= 15 is 0 Å². The molecule has 27 heavy (non-hydrogen) atoms. The second-order valence-corrected chi connectivity index (χ2v) is 7.05. The molecule has 0 spiro atoms. The number of ether oxygens (including phenoxy) is 1. The van der Waals surface area contributed by atoms with Gasteiger partial charge in [-0.25, -0.2) is 9.37 Å². The standard InChI is InChI=1S/C19H21FN4O3/c1-2-10-8-15(25)23-14(10)9-27-17-13(20)4-3-11-7-12(18(21)26)19-22-5-6-24(19)16(11)17/h3-7,10-11,14,16H,2,8-9H2,1H3,(H2,21,26)(H,23,25)/t10-,11?,14-,16?/m1/s1. The summed E-state index contributed by atoms with van der Waals surface area (Å²) in [6, 6.07) is -0.623. The lowest BCUT2D eigenvalue weighted by molar-refractivity contribution is -0.119. The lowest BCUT2D eigenvalue weighted by Gasteiger charge is -2.34. The van der Waals surface area contributed by atoms with E-state index < -0.39 is 17.8 Å². The summed E-state index contributed by atoms with van der Waals surface area (Å²) in [6.07, 6.45) is 9.28. The molecule has 8 heteroatoms. The summed E-state index contributed by atoms with van der Waals surface area (Å²) in [7, 11) is 0. The molecule has 1 aromatic rings. The SMILES string of the molecule is CC[C@@H]1CC(=O)N[C@@H]1COC1=C(F)C=CC2C=C(C(N)=O)c3nccn3C12. The van der Waals surface area contributed by atoms with Crippen molar-refractivity contribution in [2.75, 3.05) is 6.61 Å². The average Bonchev–Trinajstić information content (AvgIpc) is 3.26. The number of nitrogens with two attached hydrogens (primary N) is 1. The Morgan fingerprint density at radius 2 is 2.33 bits per heavy atom. The molecule has 1 aliphatic carbocycles. The number of fused-ring (bicyclic) bond motifs is 3. The van der Waals surface area contributed by atoms with Crippen molar-refractivity contribution in [3.63, 3.8) is 0 Å². The van der Waals surface area contributed by atoms with Crippen LogP contribution in [0.2, 0.25) is 0 Å². The number of primary amides is 1. The van der Waals surface area contributed by atoms with Gasteiger partial charge >= 0.3 is 0 Å². The van der Waals surface area contributed by atoms with Crippen molar-refractivity contribution in [2.24, 2.45) is 17.6 Å². The van der Waals surface area contributed by atoms with Crippen molar-refractivity contribution in [1.29, 1.82) is 0 Å². The third-order valence-electron chi connectivity index (χ3n) is 5.47. The predicted octanol–water partition coefficient (Wildman–Crippen LogP) is 1.60. The Morgan fingerprint density at radius 3 is 3.07 bits per heavy atom. The van der Waals surface area contributed by atoms with Crippen LogP contribution < -0.4 is 11.1 Å². The zero-order valence-electron chi connectivity index (χ0n) is 14.9. The maximum absolute atomic E-state index is 14.6. The molecule has 0 radical (unpaired) electrons. The van der Waals surface area contributed by atoms with Gasteiger partial charge < -0.3 is 20.4 Å². The number of imidazole rings is 1. The maximum atomic E-state index is 14.6. The first-order valence-electron chi connectivity index (χ1n) is 9.04. The Hall–Kier alpha value is -2.90. The molecule has 3 aliphatic rings. The fourth-order valence-electron chi connectivity index (χ4n) is 4.07. The summed E-state index contributed by atoms with van der Waals surface area (Å²) in [5, 5.41) is 2.90. The fraction of sp³-hybridized carbons (Fsp3) is 0.421. The van der Waals surface area contributed by atoms with Gasteiger partial charge in [0.2, 0.25) is 5.91 Å². The third-order valence-corrected chi connectivity index (χ3v) is 5.47. The topological polar surface area (TPSA) is 99.2 Å². The first-order valence-corrected chi connectivity index (χ1v) is 9.04. The van der Waals surface area contributed by atoms with Crippen LogP contribution in [-0.4, -0.2) is 34.0 Å². The van der Waals surface area contributed by atoms with E-state index in [1.807, 2.05) is 6.92 Å². The number of amides is 2. The van der Waals surface area contributed by atoms with Crippen molar-refractivity contribution >= 4 is 17.4 Å². The van der Waals surface area contributed by atoms with Crippen molar-refractivity contribution < 1.29 is 18.7 Å². The lowest BCUT2D eigenvalue weighted by Crippen LogP contribution is -2.36. The normalized spacial score (nSPS) is 29.1. The van der Waals surface area contributed by atoms with E-state index in [0.717, 1.165) is 6.42 Å². The number of carbonyl (C=O) groups is 2. The lowest BCUT2D eigenvalue weighted by atomic mass is 9.87. The third kappa shape index (κ3) is 2.94. The van der Waals surface area contributed by atoms with Gasteiger partial charge in [0.05, 0.1) is 11.6 Å². The van der Waals surface area contributed by atoms with Gasteiger partial charge in [-0.2, -0.15) is 0 Å². The molecule has 2 aliphatic heterocycles. The van der Waals surface area contributed by atoms with Gasteiger partial charge in [-0.05, 0) is 12.0 Å². The van der Waals surface area contributed by atoms with Crippen LogP contribution in [0.1, 0.15) is 31.6 Å². The highest BCUT2D eigenvalue weighted by Gasteiger charge is 2.39. The van der Waals surface area contributed by atoms with Gasteiger partial charge in [0.25, 0.3) is 5.91 Å². The van der Waals surface area contributed by atoms with E-state index in [2.05, 4.69) is 10.3 Å². The number of allylic oxidation sites excluding steroid dienone is 5. The Labute approximate surface area is 155 Å². The number of hydrogen-bond acceptors (Lipinski definition) is 4. The van der Waals surface area contributed by atoms with Gasteiger partial charge in [0, 0.05) is 24.7 Å². The van der Waals surface area contributed by atoms with Gasteiger partial charge in [-0.15, -0.1) is 0 Å². The Morgan fingerprint density at radius 1 is 1.52 bits per heavy atom. The van der Waals surface area contributed by atoms with Crippen LogP contribution in [-0.2, 0) is 14.3 Å². The summed E-state index contributed by atoms with van der Waals surface area (Å²) in [4.78, 5) is 27.6. The summed E-state index contributed by atoms with van der Waals surface area (Å²) < 4.78 is 22.3. The maximum Gasteiger partial charge on any atom is 0.252 e. The monoisotopic (exact) mass is 372 g/mol. The molecule has 2 amide bonds. The van der Waals surface area contributed by atoms with Gasteiger partial charge in [-0.3, -0.25) is 9.59 Å². The summed E-state index contributed by atoms with van der Waals surface area (Å²) >= 11 is 0. The van der Waals surface area contributed by atoms with E-state index in [1.54, 1.807) is 29.1 Å². The number of rotatable bonds is 5. The summed E-state index contributed by atoms with van der Waals surface area (Å²) in [6.45, 7) is 2.21. The predicted molar refractivity (Wildman–Crippen MR) is 95.5 cm³/mol. The van der Waals surface area contributed by atoms with Crippen LogP contribution in [0.5, 0.6) is 0 Å². The first-order chi connectivity index (χ1) is 13.0. The molecule has 0 bridgehead atoms. The van der Waals surface area contributed by atoms with Gasteiger partial charge in [-0.1, -0.05) is 25.5 Å². The van der Waals surface area contributed by atoms with E-state index in [4.69, 9.17) is 10.5 Å². The fourth-order valence-corrected chi connectivity index (χ4v) is 4.07. The van der Waals surface area contributed by atoms with E-state index in [0.29, 0.717) is 17.8 Å². The highest BCUT2D eigenvalue weighted by atomic mass is 19.1. The second-order valence-electron chi connectivity index (χ2n) is 7.05. The minimum absolute atomic E-state index is 0.00471. The van der Waals surface area contributed by atoms with E-state index in [9.17, 15) is 14.0 Å². The van der Waals surface area contributed by atoms with Crippen LogP contribution >= 0.6 is 0 Å². The first kappa shape index (κ1) is 17.5. The molecule has 3 N–H and O–H groups in total. The average molecular weight is 372 g/mol. The number of hydrogen-bond donors (Lipinski definition) is 2. The molecule has 142 valence electrons. The molecule has 1 aromatic heterocycles. The summed E-state index contributed by atoms with van der Waals surface area (Å²) in [5.74, 6) is -0.576. The molecule has 0 aromatic carbocycles. The van der Waals surface area contributed by atoms with Crippen molar-refractivity contribution in [1.82, 2.24) is 14.9 Å². The van der Waals surface area contributed by atoms with Crippen molar-refractivity contribution in [3.05, 3.63) is 48.0 Å². The largest absolute Gasteiger partial charge is 0.490 e. The highest BCUT2D eigenvalue weighted by molar-refractivity contribution is 6.18. The number of nitrogens with one attached hydrogen (secondary N) is 1. The Bertz CT molecular complexity index is 885.